The third kappa shape index (κ3) is 3.95. The van der Waals surface area contributed by atoms with Gasteiger partial charge in [0, 0.05) is 19.5 Å². The van der Waals surface area contributed by atoms with E-state index in [1.807, 2.05) is 18.2 Å². The fourth-order valence-corrected chi connectivity index (χ4v) is 2.64. The number of benzene rings is 1. The summed E-state index contributed by atoms with van der Waals surface area (Å²) in [5.41, 5.74) is 1.90. The number of likely N-dealkylation sites (N-methyl/N-ethyl adjacent to an activating group) is 1. The molecule has 2 N–H and O–H groups in total. The molecule has 1 aliphatic heterocycles. The Morgan fingerprint density at radius 1 is 1.43 bits per heavy atom. The molecule has 5 heteroatoms. The van der Waals surface area contributed by atoms with Gasteiger partial charge in [-0.05, 0) is 36.3 Å². The number of nitrogens with zero attached hydrogens (tertiary/aromatic N) is 1. The molecular weight excluding hydrogens is 268 g/mol. The third-order valence-corrected chi connectivity index (χ3v) is 3.96. The maximum atomic E-state index is 11.5. The Bertz CT molecular complexity index is 486. The molecule has 5 nitrogen and oxygen atoms in total. The quantitative estimate of drug-likeness (QED) is 0.763. The largest absolute Gasteiger partial charge is 0.493 e. The smallest absolute Gasteiger partial charge is 0.325 e. The Hall–Kier alpha value is -1.59. The van der Waals surface area contributed by atoms with E-state index in [4.69, 9.17) is 4.74 Å². The van der Waals surface area contributed by atoms with Gasteiger partial charge in [0.15, 0.2) is 0 Å². The Labute approximate surface area is 125 Å². The first kappa shape index (κ1) is 15.8. The molecule has 0 aliphatic carbocycles. The number of ether oxygens (including phenoxy) is 1. The lowest BCUT2D eigenvalue weighted by Crippen LogP contribution is -2.36. The number of carboxylic acid groups (broad SMARTS) is 1. The van der Waals surface area contributed by atoms with Crippen LogP contribution in [0.1, 0.15) is 31.0 Å². The monoisotopic (exact) mass is 292 g/mol. The van der Waals surface area contributed by atoms with Crippen molar-refractivity contribution >= 4 is 5.97 Å². The van der Waals surface area contributed by atoms with E-state index in [0.717, 1.165) is 42.9 Å². The highest BCUT2D eigenvalue weighted by atomic mass is 16.5. The minimum atomic E-state index is -0.839. The molecule has 0 saturated carbocycles. The highest BCUT2D eigenvalue weighted by Crippen LogP contribution is 2.28. The first-order chi connectivity index (χ1) is 10.2. The van der Waals surface area contributed by atoms with Gasteiger partial charge >= 0.3 is 5.97 Å². The van der Waals surface area contributed by atoms with Crippen molar-refractivity contribution in [1.82, 2.24) is 10.2 Å². The number of rotatable bonds is 8. The number of fused-ring (bicyclic) bond motifs is 1. The summed E-state index contributed by atoms with van der Waals surface area (Å²) in [5, 5.41) is 12.6. The van der Waals surface area contributed by atoms with Crippen molar-refractivity contribution in [2.75, 3.05) is 32.8 Å². The van der Waals surface area contributed by atoms with Gasteiger partial charge in [-0.25, -0.2) is 0 Å². The van der Waals surface area contributed by atoms with Gasteiger partial charge in [0.05, 0.1) is 6.61 Å². The molecule has 1 atom stereocenters. The van der Waals surface area contributed by atoms with Crippen molar-refractivity contribution in [1.29, 1.82) is 0 Å². The third-order valence-electron chi connectivity index (χ3n) is 3.96. The molecule has 0 aromatic heterocycles. The van der Waals surface area contributed by atoms with Crippen LogP contribution in [-0.2, 0) is 11.2 Å². The van der Waals surface area contributed by atoms with Crippen LogP contribution in [0.2, 0.25) is 0 Å². The average molecular weight is 292 g/mol. The van der Waals surface area contributed by atoms with E-state index in [1.165, 1.54) is 0 Å². The summed E-state index contributed by atoms with van der Waals surface area (Å²) in [6.45, 7) is 8.37. The summed E-state index contributed by atoms with van der Waals surface area (Å²) in [7, 11) is 0. The van der Waals surface area contributed by atoms with Gasteiger partial charge in [0.1, 0.15) is 11.8 Å². The van der Waals surface area contributed by atoms with E-state index >= 15 is 0 Å². The van der Waals surface area contributed by atoms with Gasteiger partial charge in [-0.15, -0.1) is 0 Å². The zero-order valence-corrected chi connectivity index (χ0v) is 12.8. The molecule has 1 aromatic rings. The molecular formula is C16H24N2O3. The van der Waals surface area contributed by atoms with Gasteiger partial charge in [-0.1, -0.05) is 19.9 Å². The second kappa shape index (κ2) is 7.43. The normalized spacial score (nSPS) is 14.8. The summed E-state index contributed by atoms with van der Waals surface area (Å²) in [5.74, 6) is 0.0412. The van der Waals surface area contributed by atoms with Crippen molar-refractivity contribution < 1.29 is 14.6 Å². The molecule has 1 heterocycles. The van der Waals surface area contributed by atoms with Crippen molar-refractivity contribution in [3.05, 3.63) is 29.3 Å². The standard InChI is InChI=1S/C16H24N2O3/c1-3-18(4-2)9-8-17-15(16(19)20)13-5-6-14-12(11-13)7-10-21-14/h5-6,11,15,17H,3-4,7-10H2,1-2H3,(H,19,20). The first-order valence-electron chi connectivity index (χ1n) is 7.59. The molecule has 21 heavy (non-hydrogen) atoms. The Morgan fingerprint density at radius 2 is 2.19 bits per heavy atom. The maximum absolute atomic E-state index is 11.5. The van der Waals surface area contributed by atoms with Gasteiger partial charge < -0.3 is 14.7 Å². The molecule has 0 radical (unpaired) electrons. The van der Waals surface area contributed by atoms with Crippen LogP contribution in [0, 0.1) is 0 Å². The summed E-state index contributed by atoms with van der Waals surface area (Å²) in [6, 6.07) is 5.00. The molecule has 116 valence electrons. The van der Waals surface area contributed by atoms with Gasteiger partial charge in [0.25, 0.3) is 0 Å². The number of carbonyl (C=O) groups is 1. The van der Waals surface area contributed by atoms with E-state index in [0.29, 0.717) is 13.2 Å². The van der Waals surface area contributed by atoms with Crippen LogP contribution in [0.25, 0.3) is 0 Å². The lowest BCUT2D eigenvalue weighted by atomic mass is 10.0. The van der Waals surface area contributed by atoms with Crippen molar-refractivity contribution in [3.8, 4) is 5.75 Å². The molecule has 0 saturated heterocycles. The predicted octanol–water partition coefficient (Wildman–Crippen LogP) is 1.68. The number of carboxylic acids is 1. The highest BCUT2D eigenvalue weighted by molar-refractivity contribution is 5.75. The minimum Gasteiger partial charge on any atom is -0.493 e. The lowest BCUT2D eigenvalue weighted by Gasteiger charge is -2.21. The number of hydrogen-bond acceptors (Lipinski definition) is 4. The van der Waals surface area contributed by atoms with E-state index in [-0.39, 0.29) is 0 Å². The van der Waals surface area contributed by atoms with Crippen molar-refractivity contribution in [2.24, 2.45) is 0 Å². The Morgan fingerprint density at radius 3 is 2.86 bits per heavy atom. The summed E-state index contributed by atoms with van der Waals surface area (Å²) < 4.78 is 5.46. The van der Waals surface area contributed by atoms with Crippen LogP contribution >= 0.6 is 0 Å². The molecule has 0 fully saturated rings. The summed E-state index contributed by atoms with van der Waals surface area (Å²) >= 11 is 0. The average Bonchev–Trinajstić information content (AvgIpc) is 2.94. The van der Waals surface area contributed by atoms with Crippen LogP contribution in [0.3, 0.4) is 0 Å². The first-order valence-corrected chi connectivity index (χ1v) is 7.59. The SMILES string of the molecule is CCN(CC)CCNC(C(=O)O)c1ccc2c(c1)CCO2. The van der Waals surface area contributed by atoms with Crippen LogP contribution in [0.15, 0.2) is 18.2 Å². The summed E-state index contributed by atoms with van der Waals surface area (Å²) in [6.07, 6.45) is 0.856. The zero-order valence-electron chi connectivity index (χ0n) is 12.8. The predicted molar refractivity (Wildman–Crippen MR) is 81.8 cm³/mol. The fraction of sp³-hybridized carbons (Fsp3) is 0.562. The topological polar surface area (TPSA) is 61.8 Å². The fourth-order valence-electron chi connectivity index (χ4n) is 2.64. The van der Waals surface area contributed by atoms with Crippen LogP contribution < -0.4 is 10.1 Å². The van der Waals surface area contributed by atoms with Crippen LogP contribution in [0.5, 0.6) is 5.75 Å². The van der Waals surface area contributed by atoms with Crippen molar-refractivity contribution in [2.45, 2.75) is 26.3 Å². The maximum Gasteiger partial charge on any atom is 0.325 e. The molecule has 0 bridgehead atoms. The zero-order chi connectivity index (χ0) is 15.2. The second-order valence-electron chi connectivity index (χ2n) is 5.22. The molecule has 0 spiro atoms. The van der Waals surface area contributed by atoms with E-state index in [1.54, 1.807) is 0 Å². The van der Waals surface area contributed by atoms with Crippen molar-refractivity contribution in [3.63, 3.8) is 0 Å². The van der Waals surface area contributed by atoms with Gasteiger partial charge in [0.2, 0.25) is 0 Å². The van der Waals surface area contributed by atoms with E-state index < -0.39 is 12.0 Å². The van der Waals surface area contributed by atoms with Gasteiger partial charge in [-0.2, -0.15) is 0 Å². The molecule has 1 aromatic carbocycles. The summed E-state index contributed by atoms with van der Waals surface area (Å²) in [4.78, 5) is 13.8. The molecule has 2 rings (SSSR count). The Balaban J connectivity index is 2.00. The molecule has 1 aliphatic rings. The van der Waals surface area contributed by atoms with Crippen LogP contribution in [-0.4, -0.2) is 48.8 Å². The number of nitrogens with one attached hydrogen (secondary N) is 1. The lowest BCUT2D eigenvalue weighted by molar-refractivity contribution is -0.139. The Kier molecular flexibility index (Phi) is 5.59. The highest BCUT2D eigenvalue weighted by Gasteiger charge is 2.22. The number of hydrogen-bond donors (Lipinski definition) is 2. The molecule has 1 unspecified atom stereocenters. The number of aliphatic carboxylic acids is 1. The van der Waals surface area contributed by atoms with E-state index in [9.17, 15) is 9.90 Å². The van der Waals surface area contributed by atoms with Gasteiger partial charge in [-0.3, -0.25) is 10.1 Å². The second-order valence-corrected chi connectivity index (χ2v) is 5.22. The van der Waals surface area contributed by atoms with E-state index in [2.05, 4.69) is 24.1 Å². The minimum absolute atomic E-state index is 0.659. The molecule has 0 amide bonds. The van der Waals surface area contributed by atoms with Crippen LogP contribution in [0.4, 0.5) is 0 Å².